The van der Waals surface area contributed by atoms with E-state index >= 15 is 0 Å². The van der Waals surface area contributed by atoms with Gasteiger partial charge >= 0.3 is 0 Å². The van der Waals surface area contributed by atoms with E-state index in [2.05, 4.69) is 4.90 Å². The van der Waals surface area contributed by atoms with Gasteiger partial charge < -0.3 is 24.2 Å². The van der Waals surface area contributed by atoms with E-state index in [-0.39, 0.29) is 48.1 Å². The summed E-state index contributed by atoms with van der Waals surface area (Å²) in [5, 5.41) is 0. The van der Waals surface area contributed by atoms with Crippen molar-refractivity contribution in [2.45, 2.75) is 37.9 Å². The quantitative estimate of drug-likeness (QED) is 0.587. The van der Waals surface area contributed by atoms with Gasteiger partial charge in [0.1, 0.15) is 12.7 Å². The number of rotatable bonds is 4. The van der Waals surface area contributed by atoms with E-state index in [0.717, 1.165) is 19.3 Å². The number of ether oxygens (including phenoxy) is 2. The van der Waals surface area contributed by atoms with Gasteiger partial charge in [-0.3, -0.25) is 24.1 Å². The number of methoxy groups -OCH3 is 2. The maximum Gasteiger partial charge on any atom is 0.264 e. The van der Waals surface area contributed by atoms with E-state index in [1.807, 2.05) is 4.90 Å². The van der Waals surface area contributed by atoms with Crippen molar-refractivity contribution >= 4 is 29.3 Å². The SMILES string of the molecule is COc1ccc2c(c1OC)C(=O)N1c3ccccc3C(=O)N(CC(=O)N3CC4CC(C3)C3CCCC(=O)N3C4)C21. The van der Waals surface area contributed by atoms with Crippen molar-refractivity contribution in [2.75, 3.05) is 45.3 Å². The number of piperidine rings is 3. The van der Waals surface area contributed by atoms with Gasteiger partial charge in [0.2, 0.25) is 11.8 Å². The van der Waals surface area contributed by atoms with Gasteiger partial charge in [-0.15, -0.1) is 0 Å². The highest BCUT2D eigenvalue weighted by Gasteiger charge is 2.51. The number of fused-ring (bicyclic) bond motifs is 9. The predicted molar refractivity (Wildman–Crippen MR) is 144 cm³/mol. The summed E-state index contributed by atoms with van der Waals surface area (Å²) in [7, 11) is 2.99. The number of para-hydroxylation sites is 1. The summed E-state index contributed by atoms with van der Waals surface area (Å²) >= 11 is 0. The standard InChI is InChI=1S/C30H32N4O6/c1-39-23-11-10-20-26(27(23)40-2)30(38)34-22-7-4-3-6-19(22)29(37)33(28(20)34)16-25(36)31-13-17-12-18(15-31)21-8-5-9-24(35)32(21)14-17/h3-4,6-7,10-11,17-18,21,28H,5,8-9,12-16H2,1-2H3. The largest absolute Gasteiger partial charge is 0.493 e. The van der Waals surface area contributed by atoms with Gasteiger partial charge in [0.15, 0.2) is 11.5 Å². The molecule has 40 heavy (non-hydrogen) atoms. The van der Waals surface area contributed by atoms with Crippen LogP contribution in [0.4, 0.5) is 5.69 Å². The van der Waals surface area contributed by atoms with Crippen LogP contribution in [0.25, 0.3) is 0 Å². The van der Waals surface area contributed by atoms with Crippen LogP contribution in [0.1, 0.15) is 58.1 Å². The summed E-state index contributed by atoms with van der Waals surface area (Å²) in [5.41, 5.74) is 1.83. The molecule has 2 aromatic carbocycles. The van der Waals surface area contributed by atoms with Crippen molar-refractivity contribution in [3.63, 3.8) is 0 Å². The van der Waals surface area contributed by atoms with E-state index < -0.39 is 6.17 Å². The normalized spacial score (nSPS) is 26.7. The van der Waals surface area contributed by atoms with E-state index in [9.17, 15) is 19.2 Å². The fraction of sp³-hybridized carbons (Fsp3) is 0.467. The van der Waals surface area contributed by atoms with Crippen LogP contribution in [0.15, 0.2) is 36.4 Å². The average molecular weight is 545 g/mol. The van der Waals surface area contributed by atoms with Gasteiger partial charge in [-0.05, 0) is 49.3 Å². The van der Waals surface area contributed by atoms with Crippen LogP contribution >= 0.6 is 0 Å². The highest BCUT2D eigenvalue weighted by atomic mass is 16.5. The first kappa shape index (κ1) is 24.9. The maximum atomic E-state index is 13.9. The molecular formula is C30H32N4O6. The van der Waals surface area contributed by atoms with Gasteiger partial charge in [-0.25, -0.2) is 0 Å². The Labute approximate surface area is 232 Å². The summed E-state index contributed by atoms with van der Waals surface area (Å²) in [6.07, 6.45) is 2.74. The Bertz CT molecular complexity index is 1440. The molecule has 208 valence electrons. The fourth-order valence-electron chi connectivity index (χ4n) is 7.64. The number of nitrogens with zero attached hydrogens (tertiary/aromatic N) is 4. The molecule has 10 nitrogen and oxygen atoms in total. The zero-order chi connectivity index (χ0) is 27.7. The maximum absolute atomic E-state index is 13.9. The van der Waals surface area contributed by atoms with Gasteiger partial charge in [0.05, 0.1) is 31.0 Å². The third kappa shape index (κ3) is 3.54. The Morgan fingerprint density at radius 3 is 2.60 bits per heavy atom. The molecule has 0 radical (unpaired) electrons. The Balaban J connectivity index is 1.22. The number of amides is 4. The lowest BCUT2D eigenvalue weighted by Crippen LogP contribution is -2.62. The lowest BCUT2D eigenvalue weighted by Gasteiger charge is -2.52. The minimum absolute atomic E-state index is 0.139. The molecule has 0 N–H and O–H groups in total. The summed E-state index contributed by atoms with van der Waals surface area (Å²) in [6.45, 7) is 1.69. The molecule has 0 spiro atoms. The first-order valence-corrected chi connectivity index (χ1v) is 14.0. The summed E-state index contributed by atoms with van der Waals surface area (Å²) < 4.78 is 11.0. The number of carbonyl (C=O) groups is 4. The molecule has 10 heteroatoms. The first-order valence-electron chi connectivity index (χ1n) is 14.0. The van der Waals surface area contributed by atoms with Crippen LogP contribution in [-0.2, 0) is 9.59 Å². The third-order valence-electron chi connectivity index (χ3n) is 9.32. The van der Waals surface area contributed by atoms with Crippen molar-refractivity contribution in [3.8, 4) is 11.5 Å². The third-order valence-corrected chi connectivity index (χ3v) is 9.32. The molecule has 4 amide bonds. The molecule has 3 fully saturated rings. The second-order valence-corrected chi connectivity index (χ2v) is 11.4. The van der Waals surface area contributed by atoms with Crippen LogP contribution < -0.4 is 14.4 Å². The van der Waals surface area contributed by atoms with Gasteiger partial charge in [0, 0.05) is 37.7 Å². The molecule has 4 atom stereocenters. The Morgan fingerprint density at radius 1 is 0.975 bits per heavy atom. The van der Waals surface area contributed by atoms with Crippen LogP contribution in [-0.4, -0.2) is 84.8 Å². The number of hydrogen-bond acceptors (Lipinski definition) is 6. The Kier molecular flexibility index (Phi) is 5.76. The smallest absolute Gasteiger partial charge is 0.264 e. The van der Waals surface area contributed by atoms with Gasteiger partial charge in [-0.2, -0.15) is 0 Å². The molecule has 0 saturated carbocycles. The van der Waals surface area contributed by atoms with Crippen LogP contribution in [0.3, 0.4) is 0 Å². The minimum atomic E-state index is -0.774. The van der Waals surface area contributed by atoms with Crippen LogP contribution in [0.2, 0.25) is 0 Å². The molecule has 7 rings (SSSR count). The van der Waals surface area contributed by atoms with Crippen molar-refractivity contribution in [3.05, 3.63) is 53.1 Å². The highest BCUT2D eigenvalue weighted by Crippen LogP contribution is 2.49. The molecule has 3 saturated heterocycles. The van der Waals surface area contributed by atoms with Crippen molar-refractivity contribution in [1.82, 2.24) is 14.7 Å². The van der Waals surface area contributed by atoms with Crippen LogP contribution in [0.5, 0.6) is 11.5 Å². The lowest BCUT2D eigenvalue weighted by molar-refractivity contribution is -0.149. The summed E-state index contributed by atoms with van der Waals surface area (Å²) in [6, 6.07) is 10.7. The highest BCUT2D eigenvalue weighted by molar-refractivity contribution is 6.18. The number of benzene rings is 2. The second-order valence-electron chi connectivity index (χ2n) is 11.4. The summed E-state index contributed by atoms with van der Waals surface area (Å²) in [5.74, 6) is 0.725. The molecular weight excluding hydrogens is 512 g/mol. The van der Waals surface area contributed by atoms with Gasteiger partial charge in [-0.1, -0.05) is 18.2 Å². The number of carbonyl (C=O) groups excluding carboxylic acids is 4. The summed E-state index contributed by atoms with van der Waals surface area (Å²) in [4.78, 5) is 61.3. The average Bonchev–Trinajstić information content (AvgIpc) is 3.27. The van der Waals surface area contributed by atoms with Crippen LogP contribution in [0, 0.1) is 11.8 Å². The second kappa shape index (κ2) is 9.25. The van der Waals surface area contributed by atoms with E-state index in [1.165, 1.54) is 19.1 Å². The molecule has 2 bridgehead atoms. The predicted octanol–water partition coefficient (Wildman–Crippen LogP) is 2.68. The lowest BCUT2D eigenvalue weighted by atomic mass is 9.76. The molecule has 5 heterocycles. The van der Waals surface area contributed by atoms with Crippen molar-refractivity contribution < 1.29 is 28.7 Å². The number of anilines is 1. The molecule has 0 aromatic heterocycles. The molecule has 2 aromatic rings. The zero-order valence-corrected chi connectivity index (χ0v) is 22.7. The molecule has 5 aliphatic heterocycles. The Hall–Kier alpha value is -4.08. The molecule has 4 unspecified atom stereocenters. The van der Waals surface area contributed by atoms with Gasteiger partial charge in [0.25, 0.3) is 11.8 Å². The number of hydrogen-bond donors (Lipinski definition) is 0. The molecule has 0 aliphatic carbocycles. The Morgan fingerprint density at radius 2 is 1.80 bits per heavy atom. The first-order chi connectivity index (χ1) is 19.4. The number of likely N-dealkylation sites (tertiary alicyclic amines) is 1. The van der Waals surface area contributed by atoms with E-state index in [0.29, 0.717) is 59.9 Å². The molecule has 5 aliphatic rings. The fourth-order valence-corrected chi connectivity index (χ4v) is 7.64. The van der Waals surface area contributed by atoms with E-state index in [4.69, 9.17) is 9.47 Å². The van der Waals surface area contributed by atoms with E-state index in [1.54, 1.807) is 41.3 Å². The monoisotopic (exact) mass is 544 g/mol. The van der Waals surface area contributed by atoms with Crippen molar-refractivity contribution in [2.24, 2.45) is 11.8 Å². The minimum Gasteiger partial charge on any atom is -0.493 e. The topological polar surface area (TPSA) is 99.7 Å². The van der Waals surface area contributed by atoms with Crippen molar-refractivity contribution in [1.29, 1.82) is 0 Å². The zero-order valence-electron chi connectivity index (χ0n) is 22.7.